The molecule has 0 saturated heterocycles. The first kappa shape index (κ1) is 16.2. The second kappa shape index (κ2) is 8.29. The van der Waals surface area contributed by atoms with Crippen molar-refractivity contribution in [2.75, 3.05) is 12.4 Å². The van der Waals surface area contributed by atoms with Gasteiger partial charge in [-0.1, -0.05) is 59.5 Å². The number of aromatic nitrogens is 2. The van der Waals surface area contributed by atoms with Gasteiger partial charge in [0.1, 0.15) is 5.75 Å². The Morgan fingerprint density at radius 1 is 1.04 bits per heavy atom. The minimum atomic E-state index is 0.710. The van der Waals surface area contributed by atoms with E-state index in [0.717, 1.165) is 31.9 Å². The first-order valence-corrected chi connectivity index (χ1v) is 9.50. The topological polar surface area (TPSA) is 27.1 Å². The minimum absolute atomic E-state index is 0.710. The molecule has 0 aliphatic rings. The smallest absolute Gasteiger partial charge is 0.184 e. The number of benzene rings is 2. The molecular formula is C17H16N2OS3. The van der Waals surface area contributed by atoms with Crippen molar-refractivity contribution in [3.63, 3.8) is 0 Å². The number of rotatable bonds is 7. The highest BCUT2D eigenvalue weighted by molar-refractivity contribution is 8.01. The molecule has 0 bridgehead atoms. The molecule has 3 aromatic rings. The number of hydrogen-bond acceptors (Lipinski definition) is 5. The van der Waals surface area contributed by atoms with Crippen LogP contribution in [0.1, 0.15) is 6.42 Å². The molecule has 0 fully saturated rings. The van der Waals surface area contributed by atoms with Crippen molar-refractivity contribution < 1.29 is 4.74 Å². The molecular weight excluding hydrogens is 344 g/mol. The van der Waals surface area contributed by atoms with Gasteiger partial charge in [-0.25, -0.2) is 4.68 Å². The molecule has 1 aromatic heterocycles. The molecule has 2 aromatic carbocycles. The molecule has 6 heteroatoms. The average Bonchev–Trinajstić information content (AvgIpc) is 2.97. The van der Waals surface area contributed by atoms with E-state index >= 15 is 0 Å². The van der Waals surface area contributed by atoms with Crippen LogP contribution in [0.3, 0.4) is 0 Å². The van der Waals surface area contributed by atoms with Gasteiger partial charge in [-0.05, 0) is 42.9 Å². The van der Waals surface area contributed by atoms with E-state index in [1.165, 1.54) is 0 Å². The van der Waals surface area contributed by atoms with Crippen LogP contribution in [0.25, 0.3) is 5.69 Å². The highest BCUT2D eigenvalue weighted by atomic mass is 32.2. The van der Waals surface area contributed by atoms with Gasteiger partial charge in [0.2, 0.25) is 0 Å². The molecule has 3 nitrogen and oxygen atoms in total. The Hall–Kier alpha value is -1.63. The molecule has 0 N–H and O–H groups in total. The van der Waals surface area contributed by atoms with Crippen LogP contribution < -0.4 is 4.74 Å². The van der Waals surface area contributed by atoms with E-state index in [9.17, 15) is 0 Å². The lowest BCUT2D eigenvalue weighted by Gasteiger charge is -2.04. The molecule has 0 spiro atoms. The molecule has 0 atom stereocenters. The van der Waals surface area contributed by atoms with E-state index in [1.807, 2.05) is 65.3 Å². The number of ether oxygens (including phenoxy) is 1. The van der Waals surface area contributed by atoms with Crippen LogP contribution in [-0.4, -0.2) is 22.1 Å². The van der Waals surface area contributed by atoms with Crippen molar-refractivity contribution in [2.24, 2.45) is 0 Å². The zero-order valence-corrected chi connectivity index (χ0v) is 14.9. The largest absolute Gasteiger partial charge is 0.494 e. The van der Waals surface area contributed by atoms with Crippen LogP contribution in [0, 0.1) is 3.95 Å². The van der Waals surface area contributed by atoms with Gasteiger partial charge in [-0.15, -0.1) is 5.10 Å². The van der Waals surface area contributed by atoms with E-state index in [2.05, 4.69) is 5.10 Å². The van der Waals surface area contributed by atoms with Crippen LogP contribution in [0.5, 0.6) is 5.75 Å². The van der Waals surface area contributed by atoms with Gasteiger partial charge in [0.05, 0.1) is 12.3 Å². The fraction of sp³-hybridized carbons (Fsp3) is 0.176. The van der Waals surface area contributed by atoms with Crippen molar-refractivity contribution >= 4 is 35.3 Å². The van der Waals surface area contributed by atoms with E-state index in [4.69, 9.17) is 17.0 Å². The molecule has 0 unspecified atom stereocenters. The predicted molar refractivity (Wildman–Crippen MR) is 99.6 cm³/mol. The maximum absolute atomic E-state index is 5.69. The molecule has 3 rings (SSSR count). The third-order valence-electron chi connectivity index (χ3n) is 3.06. The average molecular weight is 361 g/mol. The zero-order valence-electron chi connectivity index (χ0n) is 12.4. The third kappa shape index (κ3) is 4.67. The summed E-state index contributed by atoms with van der Waals surface area (Å²) in [4.78, 5) is 0. The summed E-state index contributed by atoms with van der Waals surface area (Å²) in [5.41, 5.74) is 1.01. The maximum Gasteiger partial charge on any atom is 0.184 e. The van der Waals surface area contributed by atoms with Gasteiger partial charge in [0, 0.05) is 5.75 Å². The van der Waals surface area contributed by atoms with E-state index in [0.29, 0.717) is 6.61 Å². The Balaban J connectivity index is 1.49. The van der Waals surface area contributed by atoms with Crippen LogP contribution in [0.15, 0.2) is 65.0 Å². The summed E-state index contributed by atoms with van der Waals surface area (Å²) in [6.45, 7) is 0.710. The highest BCUT2D eigenvalue weighted by Gasteiger charge is 2.06. The lowest BCUT2D eigenvalue weighted by molar-refractivity contribution is 0.318. The Kier molecular flexibility index (Phi) is 5.85. The van der Waals surface area contributed by atoms with Gasteiger partial charge < -0.3 is 4.74 Å². The van der Waals surface area contributed by atoms with Crippen LogP contribution in [-0.2, 0) is 0 Å². The zero-order chi connectivity index (χ0) is 15.9. The van der Waals surface area contributed by atoms with Gasteiger partial charge in [-0.2, -0.15) is 0 Å². The Morgan fingerprint density at radius 3 is 2.48 bits per heavy atom. The van der Waals surface area contributed by atoms with Crippen LogP contribution in [0.2, 0.25) is 0 Å². The monoisotopic (exact) mass is 360 g/mol. The molecule has 0 amide bonds. The number of nitrogens with zero attached hydrogens (tertiary/aromatic N) is 2. The van der Waals surface area contributed by atoms with E-state index < -0.39 is 0 Å². The number of thioether (sulfide) groups is 1. The van der Waals surface area contributed by atoms with Gasteiger partial charge in [0.15, 0.2) is 8.29 Å². The summed E-state index contributed by atoms with van der Waals surface area (Å²) in [5.74, 6) is 1.88. The molecule has 0 aliphatic carbocycles. The fourth-order valence-electron chi connectivity index (χ4n) is 1.98. The summed E-state index contributed by atoms with van der Waals surface area (Å²) in [6.07, 6.45) is 0.969. The maximum atomic E-state index is 5.69. The summed E-state index contributed by atoms with van der Waals surface area (Å²) in [6, 6.07) is 19.9. The van der Waals surface area contributed by atoms with E-state index in [-0.39, 0.29) is 0 Å². The van der Waals surface area contributed by atoms with Gasteiger partial charge in [-0.3, -0.25) is 0 Å². The molecule has 0 aliphatic heterocycles. The van der Waals surface area contributed by atoms with Crippen molar-refractivity contribution in [1.82, 2.24) is 9.78 Å². The third-order valence-corrected chi connectivity index (χ3v) is 5.51. The highest BCUT2D eigenvalue weighted by Crippen LogP contribution is 2.24. The van der Waals surface area contributed by atoms with Gasteiger partial charge in [0.25, 0.3) is 0 Å². The first-order valence-electron chi connectivity index (χ1n) is 7.29. The fourth-order valence-corrected chi connectivity index (χ4v) is 4.32. The minimum Gasteiger partial charge on any atom is -0.494 e. The van der Waals surface area contributed by atoms with Crippen molar-refractivity contribution in [3.8, 4) is 11.4 Å². The summed E-state index contributed by atoms with van der Waals surface area (Å²) < 4.78 is 9.28. The summed E-state index contributed by atoms with van der Waals surface area (Å²) >= 11 is 8.68. The second-order valence-electron chi connectivity index (χ2n) is 4.74. The lowest BCUT2D eigenvalue weighted by atomic mass is 10.3. The molecule has 1 heterocycles. The normalized spacial score (nSPS) is 10.6. The van der Waals surface area contributed by atoms with Crippen LogP contribution in [0.4, 0.5) is 0 Å². The van der Waals surface area contributed by atoms with E-state index in [1.54, 1.807) is 23.1 Å². The van der Waals surface area contributed by atoms with Crippen LogP contribution >= 0.6 is 35.3 Å². The first-order chi connectivity index (χ1) is 11.3. The molecule has 23 heavy (non-hydrogen) atoms. The Bertz CT molecular complexity index is 784. The number of para-hydroxylation sites is 2. The quantitative estimate of drug-likeness (QED) is 0.328. The molecule has 0 radical (unpaired) electrons. The van der Waals surface area contributed by atoms with Crippen molar-refractivity contribution in [3.05, 3.63) is 64.6 Å². The van der Waals surface area contributed by atoms with Gasteiger partial charge >= 0.3 is 0 Å². The molecule has 118 valence electrons. The Labute approximate surface area is 148 Å². The number of hydrogen-bond donors (Lipinski definition) is 0. The summed E-state index contributed by atoms with van der Waals surface area (Å²) in [7, 11) is 0. The van der Waals surface area contributed by atoms with Crippen molar-refractivity contribution in [1.29, 1.82) is 0 Å². The lowest BCUT2D eigenvalue weighted by Crippen LogP contribution is -1.98. The standard InChI is InChI=1S/C17H16N2OS3/c21-17-19(14-8-3-1-4-9-14)18-16(23-17)22-13-7-12-20-15-10-5-2-6-11-15/h1-6,8-11H,7,12-13H2. The summed E-state index contributed by atoms with van der Waals surface area (Å²) in [5, 5.41) is 4.59. The SMILES string of the molecule is S=c1sc(SCCCOc2ccccc2)nn1-c1ccccc1. The Morgan fingerprint density at radius 2 is 1.74 bits per heavy atom. The van der Waals surface area contributed by atoms with Crippen molar-refractivity contribution in [2.45, 2.75) is 10.8 Å². The molecule has 0 saturated carbocycles. The second-order valence-corrected chi connectivity index (χ2v) is 7.71. The predicted octanol–water partition coefficient (Wildman–Crippen LogP) is 5.22.